The zero-order chi connectivity index (χ0) is 99.7. The van der Waals surface area contributed by atoms with Crippen molar-refractivity contribution in [3.05, 3.63) is 289 Å². The fourth-order valence-electron chi connectivity index (χ4n) is 14.4. The molecule has 0 unspecified atom stereocenters. The minimum Gasteiger partial charge on any atom is -0.508 e. The highest BCUT2D eigenvalue weighted by Crippen LogP contribution is 2.42. The van der Waals surface area contributed by atoms with E-state index in [-0.39, 0.29) is 117 Å². The topological polar surface area (TPSA) is 379 Å². The Bertz CT molecular complexity index is 5660. The Labute approximate surface area is 798 Å². The molecule has 0 radical (unpaired) electrons. The number of aromatic carboxylic acids is 1. The van der Waals surface area contributed by atoms with Crippen molar-refractivity contribution >= 4 is 63.0 Å². The molecule has 10 aromatic carbocycles. The molecule has 0 spiro atoms. The van der Waals surface area contributed by atoms with Gasteiger partial charge in [-0.1, -0.05) is 167 Å². The van der Waals surface area contributed by atoms with Gasteiger partial charge in [0.25, 0.3) is 0 Å². The van der Waals surface area contributed by atoms with Crippen LogP contribution in [-0.4, -0.2) is 135 Å². The van der Waals surface area contributed by atoms with Gasteiger partial charge in [-0.05, 0) is 270 Å². The van der Waals surface area contributed by atoms with Gasteiger partial charge in [-0.3, -0.25) is 24.0 Å². The summed E-state index contributed by atoms with van der Waals surface area (Å²) in [4.78, 5) is 106. The number of halogens is 1. The number of aliphatic hydroxyl groups excluding tert-OH is 1. The van der Waals surface area contributed by atoms with Gasteiger partial charge in [-0.2, -0.15) is 5.26 Å². The number of phenols is 1. The van der Waals surface area contributed by atoms with Crippen molar-refractivity contribution in [3.63, 3.8) is 0 Å². The minimum atomic E-state index is -1.23. The van der Waals surface area contributed by atoms with Gasteiger partial charge in [0.15, 0.2) is 17.3 Å². The number of likely N-dealkylation sites (N-methyl/N-ethyl adjacent to an activating group) is 1. The van der Waals surface area contributed by atoms with Crippen LogP contribution in [0.5, 0.6) is 51.7 Å². The number of carboxylic acids is 1. The van der Waals surface area contributed by atoms with Crippen molar-refractivity contribution in [1.82, 2.24) is 10.2 Å². The van der Waals surface area contributed by atoms with E-state index in [9.17, 15) is 43.6 Å². The van der Waals surface area contributed by atoms with Crippen molar-refractivity contribution < 1.29 is 86.8 Å². The molecule has 714 valence electrons. The molecule has 25 heteroatoms. The number of ketones is 3. The highest BCUT2D eigenvalue weighted by molar-refractivity contribution is 9.10. The molecule has 10 N–H and O–H groups in total. The predicted molar refractivity (Wildman–Crippen MR) is 530 cm³/mol. The van der Waals surface area contributed by atoms with E-state index in [2.05, 4.69) is 121 Å². The van der Waals surface area contributed by atoms with Crippen LogP contribution in [-0.2, 0) is 56.7 Å². The molecule has 0 saturated carbocycles. The molecule has 1 heterocycles. The number of hydrogen-bond donors (Lipinski definition) is 7. The maximum Gasteiger partial charge on any atom is 0.338 e. The Morgan fingerprint density at radius 2 is 0.896 bits per heavy atom. The lowest BCUT2D eigenvalue weighted by atomic mass is 9.87. The first kappa shape index (κ1) is 110. The van der Waals surface area contributed by atoms with Crippen LogP contribution < -0.4 is 46.2 Å². The predicted octanol–water partition coefficient (Wildman–Crippen LogP) is 21.2. The fraction of sp³-hybridized carbons (Fsp3) is 0.367. The molecule has 2 amide bonds. The number of ether oxygens (including phenoxy) is 7. The Morgan fingerprint density at radius 1 is 0.507 bits per heavy atom. The number of methoxy groups -OCH3 is 2. The third-order valence-corrected chi connectivity index (χ3v) is 22.5. The molecule has 4 atom stereocenters. The number of Topliss-reactive ketones (excluding diaryl/α,β-unsaturated/α-hetero) is 3. The number of carbonyl (C=O) groups is 8. The molecule has 134 heavy (non-hydrogen) atoms. The van der Waals surface area contributed by atoms with E-state index in [0.29, 0.717) is 95.9 Å². The number of hydrogen-bond acceptors (Lipinski definition) is 21. The van der Waals surface area contributed by atoms with Gasteiger partial charge >= 0.3 is 17.9 Å². The van der Waals surface area contributed by atoms with Crippen LogP contribution in [0, 0.1) is 50.9 Å². The number of aryl methyl sites for hydroxylation is 4. The Hall–Kier alpha value is -12.8. The molecule has 0 fully saturated rings. The van der Waals surface area contributed by atoms with Gasteiger partial charge in [0.2, 0.25) is 11.8 Å². The van der Waals surface area contributed by atoms with Crippen molar-refractivity contribution in [2.45, 2.75) is 190 Å². The summed E-state index contributed by atoms with van der Waals surface area (Å²) in [6.07, 6.45) is -0.317. The number of carbonyl (C=O) groups excluding carboxylic acids is 7. The first-order valence-corrected chi connectivity index (χ1v) is 45.2. The second-order valence-electron chi connectivity index (χ2n) is 36.7. The lowest BCUT2D eigenvalue weighted by molar-refractivity contribution is -0.142. The van der Waals surface area contributed by atoms with Crippen LogP contribution in [0.3, 0.4) is 0 Å². The molecular weight excluding hydrogens is 1760 g/mol. The summed E-state index contributed by atoms with van der Waals surface area (Å²) in [5.74, 6) is -0.166. The fourth-order valence-corrected chi connectivity index (χ4v) is 14.8. The molecule has 1 aliphatic heterocycles. The van der Waals surface area contributed by atoms with Crippen molar-refractivity contribution in [2.24, 2.45) is 29.0 Å². The maximum absolute atomic E-state index is 14.8. The van der Waals surface area contributed by atoms with Gasteiger partial charge in [0.05, 0.1) is 43.0 Å². The highest BCUT2D eigenvalue weighted by atomic mass is 79.9. The van der Waals surface area contributed by atoms with E-state index in [1.165, 1.54) is 48.4 Å². The monoisotopic (exact) mass is 1890 g/mol. The summed E-state index contributed by atoms with van der Waals surface area (Å²) < 4.78 is 40.3. The van der Waals surface area contributed by atoms with Crippen LogP contribution in [0.2, 0.25) is 0 Å². The number of fused-ring (bicyclic) bond motifs is 5. The summed E-state index contributed by atoms with van der Waals surface area (Å²) in [6.45, 7) is 35.7. The number of amides is 2. The molecular formula is C109H133BrN6O18. The normalized spacial score (nSPS) is 13.7. The molecule has 0 aliphatic carbocycles. The van der Waals surface area contributed by atoms with Gasteiger partial charge in [0, 0.05) is 85.9 Å². The number of esters is 2. The Kier molecular flexibility index (Phi) is 42.2. The number of nitriles is 1. The van der Waals surface area contributed by atoms with Crippen molar-refractivity contribution in [2.75, 3.05) is 61.2 Å². The van der Waals surface area contributed by atoms with Gasteiger partial charge in [-0.25, -0.2) is 14.4 Å². The Morgan fingerprint density at radius 3 is 1.28 bits per heavy atom. The quantitative estimate of drug-likeness (QED) is 0.0206. The first-order valence-electron chi connectivity index (χ1n) is 44.5. The number of carboxylic acid groups (broad SMARTS) is 1. The number of nitrogens with zero attached hydrogens (tertiary/aromatic N) is 2. The summed E-state index contributed by atoms with van der Waals surface area (Å²) in [5, 5.41) is 37.1. The van der Waals surface area contributed by atoms with Crippen LogP contribution >= 0.6 is 15.9 Å². The number of aliphatic hydroxyl groups is 1. The molecule has 10 aromatic rings. The standard InChI is InChI=1S/C52H64N6O8.C19H22O3.C18H20O3.C10H14O.C9H9BrO2.CH4O/c1-32-26-39(66-38-13-11-37(12-14-38)52(3,4)5)15-16-40(32)45(60)31-36(19-21-54)51(63)58(6)49-35-10-18-48(65-25-23-56)42(30-35)41-28-34(9-17-47(41)64-24-22-55)29-43(44(59)8-7-20-53)57-50(62)33(2)27-46(49)61;1-13-12-16(10-11-17(13)18(20)21-5)22-15-8-6-14(7-9-15)19(2,3)4;1-12-11-15(9-10-16(12)17(19)20)21-14-7-5-13(6-8-14)18(2,3)4;1-10(2,3)8-4-6-9(11)7-5-8;1-6-5-7(10)3-4-8(6)9(11)12-2;1-2/h9-18,26,28,30,33,36,43,49H,7-8,19,21-25,27,29,31,54-56H2,1-6H3,(H,57,62);6-12H,1-5H3;5-11H,1-4H3,(H,19,20);4-7,11H,1-3H3;3-5H,1-2H3;2H,1H3/t33-,36-,43+,49+;;;;;/m1...../s1. The lowest BCUT2D eigenvalue weighted by Gasteiger charge is -2.32. The SMILES string of the molecule is CC(C)(C)c1ccc(O)cc1.CO.COC(=O)c1ccc(Br)cc1C.COC(=O)c1ccc(Oc2ccc(C(C)(C)C)cc2)cc1C.Cc1cc(Oc2ccc(C(C)(C)C)cc2)ccc1C(=O)C[C@@H](CCN)C(=O)N(C)[C@@H]1C(=O)C[C@@H](C)C(=O)N[C@H](C(=O)CCC#N)Cc2ccc(OCCN)c(c2)-c2cc1ccc2OCCN.Cc1cc(Oc2ccc(C(C)(C)C)cc2)ccc1C(=O)O. The lowest BCUT2D eigenvalue weighted by Crippen LogP contribution is -2.46. The van der Waals surface area contributed by atoms with Gasteiger partial charge < -0.3 is 75.9 Å². The van der Waals surface area contributed by atoms with E-state index in [0.717, 1.165) is 34.2 Å². The average molecular weight is 1900 g/mol. The van der Waals surface area contributed by atoms with Crippen LogP contribution in [0.15, 0.2) is 211 Å². The van der Waals surface area contributed by atoms with Crippen LogP contribution in [0.25, 0.3) is 11.1 Å². The van der Waals surface area contributed by atoms with E-state index >= 15 is 0 Å². The van der Waals surface area contributed by atoms with Crippen LogP contribution in [0.4, 0.5) is 0 Å². The first-order chi connectivity index (χ1) is 63.2. The van der Waals surface area contributed by atoms with E-state index in [1.807, 2.05) is 124 Å². The molecule has 0 saturated heterocycles. The van der Waals surface area contributed by atoms with Gasteiger partial charge in [0.1, 0.15) is 71.0 Å². The summed E-state index contributed by atoms with van der Waals surface area (Å²) in [6, 6.07) is 62.5. The second kappa shape index (κ2) is 51.4. The summed E-state index contributed by atoms with van der Waals surface area (Å²) in [7, 11) is 5.27. The number of benzene rings is 10. The number of phenolic OH excluding ortho intramolecular Hbond substituents is 1. The zero-order valence-corrected chi connectivity index (χ0v) is 82.8. The highest BCUT2D eigenvalue weighted by Gasteiger charge is 2.37. The molecule has 24 nitrogen and oxygen atoms in total. The number of aromatic hydroxyl groups is 1. The molecule has 11 rings (SSSR count). The zero-order valence-electron chi connectivity index (χ0n) is 81.2. The number of nitrogens with one attached hydrogen (secondary N) is 1. The molecule has 4 bridgehead atoms. The van der Waals surface area contributed by atoms with E-state index < -0.39 is 47.5 Å². The third kappa shape index (κ3) is 33.1. The van der Waals surface area contributed by atoms with Crippen LogP contribution in [0.1, 0.15) is 225 Å². The largest absolute Gasteiger partial charge is 0.508 e. The maximum atomic E-state index is 14.8. The molecule has 1 aliphatic rings. The Balaban J connectivity index is 0.000000323. The van der Waals surface area contributed by atoms with Gasteiger partial charge in [-0.15, -0.1) is 0 Å². The third-order valence-electron chi connectivity index (χ3n) is 22.0. The summed E-state index contributed by atoms with van der Waals surface area (Å²) in [5.41, 5.74) is 30.3. The van der Waals surface area contributed by atoms with E-state index in [4.69, 9.17) is 60.9 Å². The minimum absolute atomic E-state index is 0.00554. The smallest absolute Gasteiger partial charge is 0.338 e. The summed E-state index contributed by atoms with van der Waals surface area (Å²) >= 11 is 3.32. The number of rotatable bonds is 25. The molecule has 0 aromatic heterocycles. The van der Waals surface area contributed by atoms with Crippen molar-refractivity contribution in [3.8, 4) is 68.9 Å². The average Bonchev–Trinajstić information content (AvgIpc) is 0.776. The second-order valence-corrected chi connectivity index (χ2v) is 37.6. The van der Waals surface area contributed by atoms with Crippen molar-refractivity contribution in [1.29, 1.82) is 5.26 Å². The van der Waals surface area contributed by atoms with E-state index in [1.54, 1.807) is 111 Å². The number of nitrogens with two attached hydrogens (primary N) is 3.